The standard InChI is InChI=1S/C14H18ClNO3/c1-10(14(18)19-3)9-16(2)13(17)8-11-5-4-6-12(15)7-11/h4-7,10H,8-9H2,1-3H3. The highest BCUT2D eigenvalue weighted by Crippen LogP contribution is 2.12. The van der Waals surface area contributed by atoms with Gasteiger partial charge in [-0.3, -0.25) is 9.59 Å². The van der Waals surface area contributed by atoms with Gasteiger partial charge in [-0.05, 0) is 17.7 Å². The Bertz CT molecular complexity index is 462. The van der Waals surface area contributed by atoms with Gasteiger partial charge in [-0.15, -0.1) is 0 Å². The molecule has 5 heteroatoms. The number of carbonyl (C=O) groups excluding carboxylic acids is 2. The Hall–Kier alpha value is -1.55. The summed E-state index contributed by atoms with van der Waals surface area (Å²) < 4.78 is 4.63. The topological polar surface area (TPSA) is 46.6 Å². The van der Waals surface area contributed by atoms with Gasteiger partial charge < -0.3 is 9.64 Å². The molecule has 0 aliphatic rings. The van der Waals surface area contributed by atoms with Crippen LogP contribution in [-0.2, 0) is 20.7 Å². The van der Waals surface area contributed by atoms with Crippen molar-refractivity contribution in [3.05, 3.63) is 34.9 Å². The Morgan fingerprint density at radius 3 is 2.68 bits per heavy atom. The third kappa shape index (κ3) is 4.91. The molecular weight excluding hydrogens is 266 g/mol. The van der Waals surface area contributed by atoms with Crippen LogP contribution in [0.1, 0.15) is 12.5 Å². The molecule has 104 valence electrons. The molecule has 0 fully saturated rings. The number of ether oxygens (including phenoxy) is 1. The van der Waals surface area contributed by atoms with Crippen LogP contribution in [0.5, 0.6) is 0 Å². The maximum Gasteiger partial charge on any atom is 0.310 e. The first-order chi connectivity index (χ1) is 8.93. The summed E-state index contributed by atoms with van der Waals surface area (Å²) in [5, 5.41) is 0.607. The maximum absolute atomic E-state index is 12.0. The molecule has 1 rings (SSSR count). The molecule has 1 atom stereocenters. The molecular formula is C14H18ClNO3. The van der Waals surface area contributed by atoms with Gasteiger partial charge in [0, 0.05) is 18.6 Å². The van der Waals surface area contributed by atoms with Crippen LogP contribution in [0.25, 0.3) is 0 Å². The molecule has 0 aromatic heterocycles. The smallest absolute Gasteiger partial charge is 0.310 e. The summed E-state index contributed by atoms with van der Waals surface area (Å²) >= 11 is 5.87. The Kier molecular flexibility index (Phi) is 5.83. The van der Waals surface area contributed by atoms with Crippen LogP contribution < -0.4 is 0 Å². The predicted molar refractivity (Wildman–Crippen MR) is 74.0 cm³/mol. The summed E-state index contributed by atoms with van der Waals surface area (Å²) in [6, 6.07) is 7.18. The summed E-state index contributed by atoms with van der Waals surface area (Å²) in [5.41, 5.74) is 0.857. The third-order valence-electron chi connectivity index (χ3n) is 2.82. The van der Waals surface area contributed by atoms with E-state index in [0.29, 0.717) is 11.6 Å². The molecule has 0 bridgehead atoms. The number of hydrogen-bond acceptors (Lipinski definition) is 3. The van der Waals surface area contributed by atoms with Crippen LogP contribution in [0.4, 0.5) is 0 Å². The second kappa shape index (κ2) is 7.14. The van der Waals surface area contributed by atoms with Crippen molar-refractivity contribution in [2.24, 2.45) is 5.92 Å². The number of likely N-dealkylation sites (N-methyl/N-ethyl adjacent to an activating group) is 1. The molecule has 19 heavy (non-hydrogen) atoms. The highest BCUT2D eigenvalue weighted by Gasteiger charge is 2.18. The highest BCUT2D eigenvalue weighted by atomic mass is 35.5. The number of hydrogen-bond donors (Lipinski definition) is 0. The molecule has 0 aliphatic carbocycles. The minimum Gasteiger partial charge on any atom is -0.469 e. The summed E-state index contributed by atoms with van der Waals surface area (Å²) in [6.45, 7) is 2.07. The lowest BCUT2D eigenvalue weighted by atomic mass is 10.1. The molecule has 0 spiro atoms. The Morgan fingerprint density at radius 2 is 2.11 bits per heavy atom. The van der Waals surface area contributed by atoms with Gasteiger partial charge in [0.2, 0.25) is 5.91 Å². The highest BCUT2D eigenvalue weighted by molar-refractivity contribution is 6.30. The fourth-order valence-electron chi connectivity index (χ4n) is 1.74. The van der Waals surface area contributed by atoms with Crippen LogP contribution in [0.15, 0.2) is 24.3 Å². The van der Waals surface area contributed by atoms with E-state index in [-0.39, 0.29) is 24.2 Å². The SMILES string of the molecule is COC(=O)C(C)CN(C)C(=O)Cc1cccc(Cl)c1. The van der Waals surface area contributed by atoms with Crippen LogP contribution in [0.3, 0.4) is 0 Å². The van der Waals surface area contributed by atoms with Crippen molar-refractivity contribution in [3.8, 4) is 0 Å². The minimum absolute atomic E-state index is 0.0574. The fourth-order valence-corrected chi connectivity index (χ4v) is 1.96. The van der Waals surface area contributed by atoms with Crippen molar-refractivity contribution >= 4 is 23.5 Å². The van der Waals surface area contributed by atoms with E-state index >= 15 is 0 Å². The molecule has 4 nitrogen and oxygen atoms in total. The first-order valence-electron chi connectivity index (χ1n) is 6.00. The van der Waals surface area contributed by atoms with Crippen LogP contribution in [0.2, 0.25) is 5.02 Å². The van der Waals surface area contributed by atoms with Gasteiger partial charge in [-0.1, -0.05) is 30.7 Å². The quantitative estimate of drug-likeness (QED) is 0.778. The van der Waals surface area contributed by atoms with Gasteiger partial charge in [0.1, 0.15) is 0 Å². The first-order valence-corrected chi connectivity index (χ1v) is 6.38. The summed E-state index contributed by atoms with van der Waals surface area (Å²) in [5.74, 6) is -0.710. The molecule has 1 aromatic rings. The number of amides is 1. The summed E-state index contributed by atoms with van der Waals surface area (Å²) in [7, 11) is 3.01. The van der Waals surface area contributed by atoms with E-state index in [1.54, 1.807) is 26.1 Å². The summed E-state index contributed by atoms with van der Waals surface area (Å²) in [4.78, 5) is 24.8. The van der Waals surface area contributed by atoms with E-state index in [1.165, 1.54) is 12.0 Å². The molecule has 0 radical (unpaired) electrons. The predicted octanol–water partition coefficient (Wildman–Crippen LogP) is 2.15. The van der Waals surface area contributed by atoms with Gasteiger partial charge in [-0.25, -0.2) is 0 Å². The molecule has 0 saturated carbocycles. The van der Waals surface area contributed by atoms with E-state index < -0.39 is 0 Å². The number of nitrogens with zero attached hydrogens (tertiary/aromatic N) is 1. The van der Waals surface area contributed by atoms with Gasteiger partial charge >= 0.3 is 5.97 Å². The normalized spacial score (nSPS) is 11.8. The van der Waals surface area contributed by atoms with E-state index in [9.17, 15) is 9.59 Å². The lowest BCUT2D eigenvalue weighted by Crippen LogP contribution is -2.35. The van der Waals surface area contributed by atoms with E-state index in [1.807, 2.05) is 12.1 Å². The number of esters is 1. The number of methoxy groups -OCH3 is 1. The van der Waals surface area contributed by atoms with Crippen LogP contribution in [0, 0.1) is 5.92 Å². The van der Waals surface area contributed by atoms with Crippen molar-refractivity contribution in [3.63, 3.8) is 0 Å². The average Bonchev–Trinajstić information content (AvgIpc) is 2.37. The number of halogens is 1. The second-order valence-electron chi connectivity index (χ2n) is 4.51. The van der Waals surface area contributed by atoms with Gasteiger partial charge in [-0.2, -0.15) is 0 Å². The minimum atomic E-state index is -0.335. The number of rotatable bonds is 5. The Balaban J connectivity index is 2.56. The van der Waals surface area contributed by atoms with Gasteiger partial charge in [0.15, 0.2) is 0 Å². The molecule has 0 aliphatic heterocycles. The largest absolute Gasteiger partial charge is 0.469 e. The fraction of sp³-hybridized carbons (Fsp3) is 0.429. The molecule has 0 N–H and O–H groups in total. The monoisotopic (exact) mass is 283 g/mol. The average molecular weight is 284 g/mol. The van der Waals surface area contributed by atoms with Crippen molar-refractivity contribution in [1.29, 1.82) is 0 Å². The molecule has 1 amide bonds. The zero-order valence-electron chi connectivity index (χ0n) is 11.4. The van der Waals surface area contributed by atoms with Crippen LogP contribution >= 0.6 is 11.6 Å². The lowest BCUT2D eigenvalue weighted by Gasteiger charge is -2.20. The molecule has 0 heterocycles. The van der Waals surface area contributed by atoms with E-state index in [4.69, 9.17) is 11.6 Å². The van der Waals surface area contributed by atoms with Crippen molar-refractivity contribution < 1.29 is 14.3 Å². The van der Waals surface area contributed by atoms with Gasteiger partial charge in [0.05, 0.1) is 19.4 Å². The number of carbonyl (C=O) groups is 2. The second-order valence-corrected chi connectivity index (χ2v) is 4.94. The maximum atomic E-state index is 12.0. The van der Waals surface area contributed by atoms with E-state index in [0.717, 1.165) is 5.56 Å². The third-order valence-corrected chi connectivity index (χ3v) is 3.06. The van der Waals surface area contributed by atoms with Gasteiger partial charge in [0.25, 0.3) is 0 Å². The van der Waals surface area contributed by atoms with Crippen molar-refractivity contribution in [1.82, 2.24) is 4.90 Å². The Morgan fingerprint density at radius 1 is 1.42 bits per heavy atom. The zero-order valence-corrected chi connectivity index (χ0v) is 12.1. The lowest BCUT2D eigenvalue weighted by molar-refractivity contribution is -0.146. The van der Waals surface area contributed by atoms with Crippen molar-refractivity contribution in [2.45, 2.75) is 13.3 Å². The van der Waals surface area contributed by atoms with Crippen molar-refractivity contribution in [2.75, 3.05) is 20.7 Å². The van der Waals surface area contributed by atoms with Crippen LogP contribution in [-0.4, -0.2) is 37.5 Å². The number of benzene rings is 1. The molecule has 1 aromatic carbocycles. The van der Waals surface area contributed by atoms with E-state index in [2.05, 4.69) is 4.74 Å². The molecule has 0 saturated heterocycles. The zero-order chi connectivity index (χ0) is 14.4. The first kappa shape index (κ1) is 15.5. The molecule has 1 unspecified atom stereocenters. The Labute approximate surface area is 118 Å². The summed E-state index contributed by atoms with van der Waals surface area (Å²) in [6.07, 6.45) is 0.269.